The van der Waals surface area contributed by atoms with Crippen LogP contribution in [-0.2, 0) is 40.5 Å². The third kappa shape index (κ3) is 8.84. The highest BCUT2D eigenvalue weighted by Gasteiger charge is 2.45. The van der Waals surface area contributed by atoms with Crippen molar-refractivity contribution in [1.82, 2.24) is 4.90 Å². The Bertz CT molecular complexity index is 1260. The lowest BCUT2D eigenvalue weighted by Crippen LogP contribution is -2.64. The molecule has 4 nitrogen and oxygen atoms in total. The molecule has 214 valence electrons. The molecule has 0 bridgehead atoms. The van der Waals surface area contributed by atoms with Gasteiger partial charge in [-0.15, -0.1) is 0 Å². The maximum atomic E-state index is 6.77. The third-order valence-corrected chi connectivity index (χ3v) is 8.41. The molecule has 1 aliphatic heterocycles. The Kier molecular flexibility index (Phi) is 11.6. The Labute approximate surface area is 253 Å². The topological polar surface area (TPSA) is 30.9 Å². The first-order valence-corrected chi connectivity index (χ1v) is 15.7. The molecule has 0 unspecified atom stereocenters. The molecule has 0 radical (unpaired) electrons. The minimum absolute atomic E-state index is 0.133. The van der Waals surface area contributed by atoms with Gasteiger partial charge in [0, 0.05) is 17.9 Å². The lowest BCUT2D eigenvalue weighted by Gasteiger charge is -2.48. The zero-order valence-corrected chi connectivity index (χ0v) is 25.1. The highest BCUT2D eigenvalue weighted by atomic mass is 79.9. The molecule has 5 rings (SSSR count). The Morgan fingerprint density at radius 2 is 1.00 bits per heavy atom. The first-order valence-electron chi connectivity index (χ1n) is 14.6. The number of nitrogens with zero attached hydrogens (tertiary/aromatic N) is 1. The highest BCUT2D eigenvalue weighted by molar-refractivity contribution is 9.09. The number of ether oxygens (including phenoxy) is 3. The van der Waals surface area contributed by atoms with Crippen molar-refractivity contribution in [3.8, 4) is 0 Å². The molecule has 1 saturated heterocycles. The van der Waals surface area contributed by atoms with Crippen LogP contribution in [0, 0.1) is 0 Å². The van der Waals surface area contributed by atoms with Gasteiger partial charge in [-0.3, -0.25) is 4.90 Å². The van der Waals surface area contributed by atoms with Crippen LogP contribution in [0.15, 0.2) is 121 Å². The van der Waals surface area contributed by atoms with E-state index in [1.165, 1.54) is 5.56 Å². The Hall–Kier alpha value is -2.80. The molecule has 0 aromatic heterocycles. The number of piperidine rings is 1. The molecule has 4 aromatic rings. The summed E-state index contributed by atoms with van der Waals surface area (Å²) in [6.07, 6.45) is 1.61. The molecule has 1 aliphatic rings. The van der Waals surface area contributed by atoms with Gasteiger partial charge in [0.2, 0.25) is 0 Å². The second-order valence-corrected chi connectivity index (χ2v) is 11.3. The Morgan fingerprint density at radius 3 is 1.49 bits per heavy atom. The van der Waals surface area contributed by atoms with Crippen LogP contribution < -0.4 is 0 Å². The van der Waals surface area contributed by atoms with Crippen molar-refractivity contribution >= 4 is 15.9 Å². The van der Waals surface area contributed by atoms with Gasteiger partial charge in [-0.2, -0.15) is 0 Å². The van der Waals surface area contributed by atoms with Crippen LogP contribution in [-0.4, -0.2) is 47.7 Å². The number of aryl methyl sites for hydroxylation is 1. The van der Waals surface area contributed by atoms with E-state index in [0.29, 0.717) is 19.8 Å². The van der Waals surface area contributed by atoms with E-state index in [1.807, 2.05) is 18.2 Å². The molecular formula is C36H40BrNO3. The largest absolute Gasteiger partial charge is 0.369 e. The van der Waals surface area contributed by atoms with Crippen molar-refractivity contribution < 1.29 is 14.2 Å². The van der Waals surface area contributed by atoms with Crippen LogP contribution in [0.25, 0.3) is 0 Å². The number of hydrogen-bond acceptors (Lipinski definition) is 4. The molecule has 4 aromatic carbocycles. The van der Waals surface area contributed by atoms with Gasteiger partial charge >= 0.3 is 0 Å². The van der Waals surface area contributed by atoms with Gasteiger partial charge in [0.15, 0.2) is 0 Å². The SMILES string of the molecule is BrC[C@@H]1[C@@H](OCc2ccccc2)[C@H](OCc2ccccc2)[C@@H](OCc2ccccc2)CN1CCCc1ccccc1. The number of rotatable bonds is 14. The molecule has 5 heteroatoms. The van der Waals surface area contributed by atoms with Crippen molar-refractivity contribution in [3.63, 3.8) is 0 Å². The summed E-state index contributed by atoms with van der Waals surface area (Å²) in [5.41, 5.74) is 4.84. The average Bonchev–Trinajstić information content (AvgIpc) is 3.04. The van der Waals surface area contributed by atoms with Gasteiger partial charge in [-0.25, -0.2) is 0 Å². The smallest absolute Gasteiger partial charge is 0.113 e. The maximum Gasteiger partial charge on any atom is 0.113 e. The van der Waals surface area contributed by atoms with Crippen LogP contribution in [0.3, 0.4) is 0 Å². The molecule has 41 heavy (non-hydrogen) atoms. The summed E-state index contributed by atoms with van der Waals surface area (Å²) in [5, 5.41) is 0.800. The number of alkyl halides is 1. The molecular weight excluding hydrogens is 574 g/mol. The van der Waals surface area contributed by atoms with E-state index in [1.54, 1.807) is 0 Å². The normalized spacial score (nSPS) is 21.1. The summed E-state index contributed by atoms with van der Waals surface area (Å²) < 4.78 is 20.2. The number of likely N-dealkylation sites (tertiary alicyclic amines) is 1. The second-order valence-electron chi connectivity index (χ2n) is 10.7. The van der Waals surface area contributed by atoms with Crippen LogP contribution in [0.2, 0.25) is 0 Å². The van der Waals surface area contributed by atoms with Gasteiger partial charge in [0.05, 0.1) is 25.9 Å². The fraction of sp³-hybridized carbons (Fsp3) is 0.333. The molecule has 1 heterocycles. The van der Waals surface area contributed by atoms with Crippen LogP contribution in [0.5, 0.6) is 0 Å². The minimum atomic E-state index is -0.212. The van der Waals surface area contributed by atoms with E-state index in [9.17, 15) is 0 Å². The molecule has 0 spiro atoms. The molecule has 0 saturated carbocycles. The zero-order chi connectivity index (χ0) is 28.1. The van der Waals surface area contributed by atoms with E-state index >= 15 is 0 Å². The maximum absolute atomic E-state index is 6.77. The number of hydrogen-bond donors (Lipinski definition) is 0. The minimum Gasteiger partial charge on any atom is -0.369 e. The fourth-order valence-corrected chi connectivity index (χ4v) is 6.33. The summed E-state index contributed by atoms with van der Waals surface area (Å²) in [6.45, 7) is 3.35. The lowest BCUT2D eigenvalue weighted by molar-refractivity contribution is -0.199. The van der Waals surface area contributed by atoms with E-state index in [4.69, 9.17) is 14.2 Å². The second kappa shape index (κ2) is 16.0. The fourth-order valence-electron chi connectivity index (χ4n) is 5.55. The highest BCUT2D eigenvalue weighted by Crippen LogP contribution is 2.30. The summed E-state index contributed by atoms with van der Waals surface area (Å²) in [4.78, 5) is 2.55. The van der Waals surface area contributed by atoms with Gasteiger partial charge in [0.1, 0.15) is 12.2 Å². The zero-order valence-electron chi connectivity index (χ0n) is 23.6. The van der Waals surface area contributed by atoms with Crippen LogP contribution >= 0.6 is 15.9 Å². The molecule has 0 N–H and O–H groups in total. The van der Waals surface area contributed by atoms with Gasteiger partial charge in [0.25, 0.3) is 0 Å². The summed E-state index contributed by atoms with van der Waals surface area (Å²) in [6, 6.07) is 42.1. The lowest BCUT2D eigenvalue weighted by atomic mass is 9.93. The number of halogens is 1. The third-order valence-electron chi connectivity index (χ3n) is 7.74. The van der Waals surface area contributed by atoms with E-state index in [0.717, 1.165) is 48.0 Å². The van der Waals surface area contributed by atoms with E-state index in [2.05, 4.69) is 124 Å². The van der Waals surface area contributed by atoms with Crippen molar-refractivity contribution in [2.75, 3.05) is 18.4 Å². The van der Waals surface area contributed by atoms with Crippen LogP contribution in [0.1, 0.15) is 28.7 Å². The van der Waals surface area contributed by atoms with E-state index in [-0.39, 0.29) is 24.4 Å². The monoisotopic (exact) mass is 613 g/mol. The standard InChI is InChI=1S/C36H40BrNO3/c37-24-33-35(40-27-31-18-9-3-10-19-31)36(41-28-32-20-11-4-12-21-32)34(39-26-30-16-7-2-8-17-30)25-38(33)23-13-22-29-14-5-1-6-15-29/h1-12,14-21,33-36H,13,22-28H2/t33-,34+,35-,36-/m1/s1. The van der Waals surface area contributed by atoms with Gasteiger partial charge in [-0.05, 0) is 41.6 Å². The Morgan fingerprint density at radius 1 is 0.561 bits per heavy atom. The first kappa shape index (κ1) is 29.7. The number of benzene rings is 4. The molecule has 0 amide bonds. The summed E-state index contributed by atoms with van der Waals surface area (Å²) >= 11 is 3.86. The quantitative estimate of drug-likeness (QED) is 0.138. The summed E-state index contributed by atoms with van der Waals surface area (Å²) in [5.74, 6) is 0. The van der Waals surface area contributed by atoms with Crippen molar-refractivity contribution in [1.29, 1.82) is 0 Å². The molecule has 4 atom stereocenters. The Balaban J connectivity index is 1.37. The van der Waals surface area contributed by atoms with Gasteiger partial charge < -0.3 is 14.2 Å². The molecule has 1 fully saturated rings. The van der Waals surface area contributed by atoms with Crippen molar-refractivity contribution in [3.05, 3.63) is 144 Å². The molecule has 0 aliphatic carbocycles. The summed E-state index contributed by atoms with van der Waals surface area (Å²) in [7, 11) is 0. The predicted molar refractivity (Wildman–Crippen MR) is 169 cm³/mol. The van der Waals surface area contributed by atoms with Gasteiger partial charge in [-0.1, -0.05) is 137 Å². The average molecular weight is 615 g/mol. The van der Waals surface area contributed by atoms with Crippen molar-refractivity contribution in [2.24, 2.45) is 0 Å². The van der Waals surface area contributed by atoms with E-state index < -0.39 is 0 Å². The van der Waals surface area contributed by atoms with Crippen molar-refractivity contribution in [2.45, 2.75) is 57.0 Å². The predicted octanol–water partition coefficient (Wildman–Crippen LogP) is 7.45. The van der Waals surface area contributed by atoms with Crippen LogP contribution in [0.4, 0.5) is 0 Å². The first-order chi connectivity index (χ1) is 20.3.